The molecule has 0 saturated heterocycles. The highest BCUT2D eigenvalue weighted by atomic mass is 16.3. The van der Waals surface area contributed by atoms with Crippen molar-refractivity contribution in [1.82, 2.24) is 14.8 Å². The summed E-state index contributed by atoms with van der Waals surface area (Å²) in [6, 6.07) is 19.6. The van der Waals surface area contributed by atoms with Crippen LogP contribution >= 0.6 is 0 Å². The largest absolute Gasteiger partial charge is 0.388 e. The number of aromatic nitrogens is 3. The topological polar surface area (TPSA) is 50.9 Å². The Morgan fingerprint density at radius 2 is 1.47 bits per heavy atom. The first-order valence-corrected chi connectivity index (χ1v) is 6.06. The van der Waals surface area contributed by atoms with E-state index in [1.54, 1.807) is 0 Å². The van der Waals surface area contributed by atoms with Crippen LogP contribution in [-0.2, 0) is 6.61 Å². The minimum atomic E-state index is -0.144. The lowest BCUT2D eigenvalue weighted by Crippen LogP contribution is -2.02. The van der Waals surface area contributed by atoms with Gasteiger partial charge in [0.15, 0.2) is 11.6 Å². The van der Waals surface area contributed by atoms with Crippen LogP contribution in [0.3, 0.4) is 0 Å². The summed E-state index contributed by atoms with van der Waals surface area (Å²) < 4.78 is 1.87. The second-order valence-corrected chi connectivity index (χ2v) is 4.13. The van der Waals surface area contributed by atoms with Gasteiger partial charge in [0.2, 0.25) is 0 Å². The van der Waals surface area contributed by atoms with Crippen LogP contribution in [0.4, 0.5) is 0 Å². The molecule has 1 N–H and O–H groups in total. The van der Waals surface area contributed by atoms with E-state index in [1.165, 1.54) is 0 Å². The van der Waals surface area contributed by atoms with E-state index in [0.29, 0.717) is 5.82 Å². The van der Waals surface area contributed by atoms with Crippen LogP contribution in [0.1, 0.15) is 5.82 Å². The highest BCUT2D eigenvalue weighted by Gasteiger charge is 2.14. The average molecular weight is 251 g/mol. The molecule has 0 aliphatic rings. The fraction of sp³-hybridized carbons (Fsp3) is 0.0667. The van der Waals surface area contributed by atoms with E-state index in [0.717, 1.165) is 17.1 Å². The second kappa shape index (κ2) is 5.04. The maximum atomic E-state index is 9.42. The lowest BCUT2D eigenvalue weighted by Gasteiger charge is -2.09. The fourth-order valence-corrected chi connectivity index (χ4v) is 2.04. The van der Waals surface area contributed by atoms with Gasteiger partial charge in [-0.3, -0.25) is 4.57 Å². The summed E-state index contributed by atoms with van der Waals surface area (Å²) in [5, 5.41) is 17.7. The first-order valence-electron chi connectivity index (χ1n) is 6.06. The predicted octanol–water partition coefficient (Wildman–Crippen LogP) is 2.43. The van der Waals surface area contributed by atoms with Crippen LogP contribution in [0.2, 0.25) is 0 Å². The predicted molar refractivity (Wildman–Crippen MR) is 72.7 cm³/mol. The minimum Gasteiger partial charge on any atom is -0.388 e. The van der Waals surface area contributed by atoms with Crippen molar-refractivity contribution < 1.29 is 5.11 Å². The van der Waals surface area contributed by atoms with Gasteiger partial charge in [0.25, 0.3) is 0 Å². The van der Waals surface area contributed by atoms with E-state index in [-0.39, 0.29) is 6.61 Å². The molecule has 3 rings (SSSR count). The number of rotatable bonds is 3. The quantitative estimate of drug-likeness (QED) is 0.777. The molecule has 1 aromatic heterocycles. The molecular formula is C15H13N3O. The zero-order chi connectivity index (χ0) is 13.1. The monoisotopic (exact) mass is 251 g/mol. The Morgan fingerprint density at radius 3 is 2.11 bits per heavy atom. The number of benzene rings is 2. The molecule has 0 atom stereocenters. The average Bonchev–Trinajstić information content (AvgIpc) is 2.93. The van der Waals surface area contributed by atoms with Gasteiger partial charge >= 0.3 is 0 Å². The van der Waals surface area contributed by atoms with Crippen LogP contribution in [0.15, 0.2) is 60.7 Å². The summed E-state index contributed by atoms with van der Waals surface area (Å²) in [6.45, 7) is -0.144. The number of hydrogen-bond donors (Lipinski definition) is 1. The lowest BCUT2D eigenvalue weighted by atomic mass is 10.2. The molecule has 0 aliphatic carbocycles. The molecule has 0 fully saturated rings. The molecule has 0 spiro atoms. The van der Waals surface area contributed by atoms with Gasteiger partial charge in [0.05, 0.1) is 0 Å². The Hall–Kier alpha value is -2.46. The van der Waals surface area contributed by atoms with E-state index < -0.39 is 0 Å². The van der Waals surface area contributed by atoms with Crippen LogP contribution < -0.4 is 0 Å². The first kappa shape index (κ1) is 11.6. The minimum absolute atomic E-state index is 0.144. The smallest absolute Gasteiger partial charge is 0.168 e. The Bertz CT molecular complexity index is 662. The maximum absolute atomic E-state index is 9.42. The number of hydrogen-bond acceptors (Lipinski definition) is 3. The highest BCUT2D eigenvalue weighted by molar-refractivity contribution is 5.58. The van der Waals surface area contributed by atoms with Crippen molar-refractivity contribution in [3.05, 3.63) is 66.5 Å². The Balaban J connectivity index is 2.20. The molecule has 0 saturated carbocycles. The standard InChI is InChI=1S/C15H13N3O/c19-11-14-16-17-15(12-7-3-1-4-8-12)18(14)13-9-5-2-6-10-13/h1-10,19H,11H2. The number of nitrogens with zero attached hydrogens (tertiary/aromatic N) is 3. The van der Waals surface area contributed by atoms with Gasteiger partial charge in [0, 0.05) is 11.3 Å². The summed E-state index contributed by atoms with van der Waals surface area (Å²) in [4.78, 5) is 0. The third kappa shape index (κ3) is 2.13. The molecule has 0 bridgehead atoms. The van der Waals surface area contributed by atoms with Crippen LogP contribution in [0.25, 0.3) is 17.1 Å². The molecule has 0 radical (unpaired) electrons. The molecule has 0 amide bonds. The summed E-state index contributed by atoms with van der Waals surface area (Å²) >= 11 is 0. The fourth-order valence-electron chi connectivity index (χ4n) is 2.04. The number of aliphatic hydroxyl groups excluding tert-OH is 1. The van der Waals surface area contributed by atoms with Crippen molar-refractivity contribution in [2.24, 2.45) is 0 Å². The van der Waals surface area contributed by atoms with Gasteiger partial charge < -0.3 is 5.11 Å². The van der Waals surface area contributed by atoms with E-state index in [9.17, 15) is 5.11 Å². The summed E-state index contributed by atoms with van der Waals surface area (Å²) in [7, 11) is 0. The molecule has 19 heavy (non-hydrogen) atoms. The Labute approximate surface area is 111 Å². The maximum Gasteiger partial charge on any atom is 0.168 e. The zero-order valence-corrected chi connectivity index (χ0v) is 10.3. The SMILES string of the molecule is OCc1nnc(-c2ccccc2)n1-c1ccccc1. The Morgan fingerprint density at radius 1 is 0.842 bits per heavy atom. The van der Waals surface area contributed by atoms with Gasteiger partial charge in [0.1, 0.15) is 6.61 Å². The molecule has 4 nitrogen and oxygen atoms in total. The van der Waals surface area contributed by atoms with E-state index >= 15 is 0 Å². The molecule has 0 unspecified atom stereocenters. The summed E-state index contributed by atoms with van der Waals surface area (Å²) in [5.41, 5.74) is 1.91. The van der Waals surface area contributed by atoms with Crippen molar-refractivity contribution in [1.29, 1.82) is 0 Å². The van der Waals surface area contributed by atoms with Crippen molar-refractivity contribution in [2.45, 2.75) is 6.61 Å². The van der Waals surface area contributed by atoms with Crippen LogP contribution in [0, 0.1) is 0 Å². The lowest BCUT2D eigenvalue weighted by molar-refractivity contribution is 0.269. The molecule has 4 heteroatoms. The molecule has 0 aliphatic heterocycles. The summed E-state index contributed by atoms with van der Waals surface area (Å²) in [5.74, 6) is 1.26. The van der Waals surface area contributed by atoms with E-state index in [4.69, 9.17) is 0 Å². The van der Waals surface area contributed by atoms with Gasteiger partial charge in [-0.05, 0) is 12.1 Å². The van der Waals surface area contributed by atoms with E-state index in [1.807, 2.05) is 65.2 Å². The molecule has 3 aromatic rings. The molecule has 2 aromatic carbocycles. The normalized spacial score (nSPS) is 10.6. The molecule has 1 heterocycles. The van der Waals surface area contributed by atoms with Crippen molar-refractivity contribution in [2.75, 3.05) is 0 Å². The van der Waals surface area contributed by atoms with Crippen molar-refractivity contribution >= 4 is 0 Å². The summed E-state index contributed by atoms with van der Waals surface area (Å²) in [6.07, 6.45) is 0. The molecular weight excluding hydrogens is 238 g/mol. The highest BCUT2D eigenvalue weighted by Crippen LogP contribution is 2.22. The van der Waals surface area contributed by atoms with Gasteiger partial charge in [-0.15, -0.1) is 10.2 Å². The van der Waals surface area contributed by atoms with Crippen LogP contribution in [0.5, 0.6) is 0 Å². The first-order chi connectivity index (χ1) is 9.40. The molecule has 94 valence electrons. The van der Waals surface area contributed by atoms with Gasteiger partial charge in [-0.2, -0.15) is 0 Å². The van der Waals surface area contributed by atoms with Crippen molar-refractivity contribution in [3.8, 4) is 17.1 Å². The van der Waals surface area contributed by atoms with E-state index in [2.05, 4.69) is 10.2 Å². The second-order valence-electron chi connectivity index (χ2n) is 4.13. The van der Waals surface area contributed by atoms with Crippen LogP contribution in [-0.4, -0.2) is 19.9 Å². The third-order valence-corrected chi connectivity index (χ3v) is 2.92. The third-order valence-electron chi connectivity index (χ3n) is 2.92. The Kier molecular flexibility index (Phi) is 3.08. The zero-order valence-electron chi connectivity index (χ0n) is 10.3. The number of para-hydroxylation sites is 1. The number of aliphatic hydroxyl groups is 1. The van der Waals surface area contributed by atoms with Crippen molar-refractivity contribution in [3.63, 3.8) is 0 Å². The van der Waals surface area contributed by atoms with Gasteiger partial charge in [-0.25, -0.2) is 0 Å². The van der Waals surface area contributed by atoms with Gasteiger partial charge in [-0.1, -0.05) is 48.5 Å².